The number of amides is 1. The summed E-state index contributed by atoms with van der Waals surface area (Å²) in [7, 11) is 0. The van der Waals surface area contributed by atoms with E-state index >= 15 is 0 Å². The van der Waals surface area contributed by atoms with E-state index in [4.69, 9.17) is 5.41 Å². The number of carbonyl (C=O) groups excluding carboxylic acids is 1. The zero-order valence-corrected chi connectivity index (χ0v) is 20.4. The van der Waals surface area contributed by atoms with Gasteiger partial charge in [0.05, 0.1) is 5.69 Å². The first kappa shape index (κ1) is 25.2. The lowest BCUT2D eigenvalue weighted by Crippen LogP contribution is -2.37. The third-order valence-corrected chi connectivity index (χ3v) is 6.99. The van der Waals surface area contributed by atoms with Crippen molar-refractivity contribution in [2.45, 2.75) is 103 Å². The van der Waals surface area contributed by atoms with Gasteiger partial charge in [0.1, 0.15) is 5.49 Å². The Labute approximate surface area is 199 Å². The number of nitrogens with zero attached hydrogens (tertiary/aromatic N) is 2. The van der Waals surface area contributed by atoms with Gasteiger partial charge in [-0.05, 0) is 50.7 Å². The van der Waals surface area contributed by atoms with E-state index in [1.54, 1.807) is 0 Å². The Bertz CT molecular complexity index is 886. The third kappa shape index (κ3) is 8.79. The number of hydrogen-bond donors (Lipinski definition) is 2. The summed E-state index contributed by atoms with van der Waals surface area (Å²) < 4.78 is 1.82. The summed E-state index contributed by atoms with van der Waals surface area (Å²) in [4.78, 5) is 12.1. The number of aromatic nitrogens is 2. The molecule has 5 nitrogen and oxygen atoms in total. The first-order chi connectivity index (χ1) is 16.1. The van der Waals surface area contributed by atoms with E-state index in [0.717, 1.165) is 37.1 Å². The molecule has 1 aromatic carbocycles. The van der Waals surface area contributed by atoms with Gasteiger partial charge in [-0.15, -0.1) is 0 Å². The lowest BCUT2D eigenvalue weighted by molar-refractivity contribution is -0.122. The fraction of sp³-hybridized carbons (Fsp3) is 0.607. The van der Waals surface area contributed by atoms with E-state index in [0.29, 0.717) is 23.9 Å². The Balaban J connectivity index is 1.21. The fourth-order valence-corrected chi connectivity index (χ4v) is 4.90. The minimum absolute atomic E-state index is 0.241. The van der Waals surface area contributed by atoms with E-state index in [-0.39, 0.29) is 5.91 Å². The van der Waals surface area contributed by atoms with Crippen LogP contribution in [0.1, 0.15) is 90.4 Å². The normalized spacial score (nSPS) is 14.9. The zero-order valence-electron chi connectivity index (χ0n) is 20.4. The molecule has 33 heavy (non-hydrogen) atoms. The van der Waals surface area contributed by atoms with Crippen molar-refractivity contribution in [1.29, 1.82) is 5.41 Å². The number of benzene rings is 1. The predicted molar refractivity (Wildman–Crippen MR) is 135 cm³/mol. The van der Waals surface area contributed by atoms with Crippen LogP contribution in [0.15, 0.2) is 42.5 Å². The highest BCUT2D eigenvalue weighted by Crippen LogP contribution is 2.27. The van der Waals surface area contributed by atoms with Crippen LogP contribution in [0.25, 0.3) is 11.3 Å². The number of rotatable bonds is 14. The number of hydrogen-bond acceptors (Lipinski definition) is 3. The van der Waals surface area contributed by atoms with E-state index in [2.05, 4.69) is 29.5 Å². The van der Waals surface area contributed by atoms with Crippen molar-refractivity contribution in [2.24, 2.45) is 5.92 Å². The molecule has 0 radical (unpaired) electrons. The zero-order chi connectivity index (χ0) is 23.3. The second kappa shape index (κ2) is 14.0. The summed E-state index contributed by atoms with van der Waals surface area (Å²) in [6.45, 7) is 2.97. The van der Waals surface area contributed by atoms with Crippen LogP contribution in [0, 0.1) is 11.3 Å². The van der Waals surface area contributed by atoms with Crippen LogP contribution in [-0.4, -0.2) is 21.7 Å². The summed E-state index contributed by atoms with van der Waals surface area (Å²) >= 11 is 0. The van der Waals surface area contributed by atoms with Crippen LogP contribution in [0.3, 0.4) is 0 Å². The van der Waals surface area contributed by atoms with Crippen LogP contribution in [0.4, 0.5) is 0 Å². The lowest BCUT2D eigenvalue weighted by Gasteiger charge is -2.20. The summed E-state index contributed by atoms with van der Waals surface area (Å²) in [6.07, 6.45) is 15.2. The molecule has 1 aromatic heterocycles. The highest BCUT2D eigenvalue weighted by Gasteiger charge is 2.22. The molecule has 1 aliphatic rings. The maximum absolute atomic E-state index is 12.1. The first-order valence-electron chi connectivity index (χ1n) is 13.1. The van der Waals surface area contributed by atoms with Gasteiger partial charge in [-0.2, -0.15) is 5.10 Å². The Kier molecular flexibility index (Phi) is 10.7. The topological polar surface area (TPSA) is 70.8 Å². The minimum Gasteiger partial charge on any atom is -0.353 e. The molecule has 0 spiro atoms. The van der Waals surface area contributed by atoms with E-state index in [1.165, 1.54) is 57.8 Å². The minimum atomic E-state index is 0.241. The van der Waals surface area contributed by atoms with E-state index in [1.807, 2.05) is 35.0 Å². The summed E-state index contributed by atoms with van der Waals surface area (Å²) in [6, 6.07) is 14.3. The standard InChI is InChI=1S/C28H42N4O/c1-23(24-15-12-13-16-24)30-28(33)19-11-6-4-2-3-5-7-14-22-32-27(29)21-20-26(31-32)25-17-9-8-10-18-25/h8-10,17-18,20-21,23-24,29H,2-7,11-16,19,22H2,1H3,(H,30,33). The molecule has 3 rings (SSSR count). The predicted octanol–water partition coefficient (Wildman–Crippen LogP) is 6.24. The number of nitrogens with one attached hydrogen (secondary N) is 2. The fourth-order valence-electron chi connectivity index (χ4n) is 4.90. The quantitative estimate of drug-likeness (QED) is 0.335. The molecule has 0 bridgehead atoms. The third-order valence-electron chi connectivity index (χ3n) is 6.99. The molecule has 1 aliphatic carbocycles. The molecule has 1 unspecified atom stereocenters. The van der Waals surface area contributed by atoms with Gasteiger partial charge in [-0.1, -0.05) is 81.7 Å². The molecule has 1 fully saturated rings. The molecule has 1 atom stereocenters. The molecule has 2 N–H and O–H groups in total. The molecule has 5 heteroatoms. The van der Waals surface area contributed by atoms with Crippen molar-refractivity contribution in [3.8, 4) is 11.3 Å². The van der Waals surface area contributed by atoms with Crippen LogP contribution in [0.2, 0.25) is 0 Å². The van der Waals surface area contributed by atoms with Crippen LogP contribution >= 0.6 is 0 Å². The Hall–Kier alpha value is -2.43. The van der Waals surface area contributed by atoms with Gasteiger partial charge in [0.25, 0.3) is 0 Å². The maximum Gasteiger partial charge on any atom is 0.220 e. The Morgan fingerprint density at radius 2 is 1.61 bits per heavy atom. The van der Waals surface area contributed by atoms with Gasteiger partial charge in [-0.3, -0.25) is 10.2 Å². The largest absolute Gasteiger partial charge is 0.353 e. The van der Waals surface area contributed by atoms with Crippen molar-refractivity contribution in [3.05, 3.63) is 48.0 Å². The van der Waals surface area contributed by atoms with Gasteiger partial charge in [0.2, 0.25) is 5.91 Å². The summed E-state index contributed by atoms with van der Waals surface area (Å²) in [5.74, 6) is 0.939. The molecule has 0 saturated heterocycles. The number of aryl methyl sites for hydroxylation is 1. The maximum atomic E-state index is 12.1. The summed E-state index contributed by atoms with van der Waals surface area (Å²) in [5, 5.41) is 16.0. The Morgan fingerprint density at radius 1 is 0.970 bits per heavy atom. The average molecular weight is 451 g/mol. The molecular formula is C28H42N4O. The van der Waals surface area contributed by atoms with Crippen molar-refractivity contribution in [2.75, 3.05) is 0 Å². The van der Waals surface area contributed by atoms with Crippen molar-refractivity contribution < 1.29 is 4.79 Å². The Morgan fingerprint density at radius 3 is 2.30 bits per heavy atom. The van der Waals surface area contributed by atoms with Gasteiger partial charge in [0.15, 0.2) is 0 Å². The molecule has 0 aliphatic heterocycles. The summed E-state index contributed by atoms with van der Waals surface area (Å²) in [5.41, 5.74) is 2.48. The highest BCUT2D eigenvalue weighted by molar-refractivity contribution is 5.76. The van der Waals surface area contributed by atoms with E-state index < -0.39 is 0 Å². The molecule has 2 aromatic rings. The molecule has 1 heterocycles. The van der Waals surface area contributed by atoms with Crippen molar-refractivity contribution >= 4 is 5.91 Å². The molecule has 1 saturated carbocycles. The lowest BCUT2D eigenvalue weighted by atomic mass is 9.99. The van der Waals surface area contributed by atoms with Gasteiger partial charge >= 0.3 is 0 Å². The molecule has 1 amide bonds. The van der Waals surface area contributed by atoms with Crippen LogP contribution in [-0.2, 0) is 11.3 Å². The van der Waals surface area contributed by atoms with E-state index in [9.17, 15) is 4.79 Å². The van der Waals surface area contributed by atoms with Crippen molar-refractivity contribution in [1.82, 2.24) is 15.1 Å². The van der Waals surface area contributed by atoms with Gasteiger partial charge in [0, 0.05) is 24.6 Å². The highest BCUT2D eigenvalue weighted by atomic mass is 16.1. The number of unbranched alkanes of at least 4 members (excludes halogenated alkanes) is 7. The second-order valence-corrected chi connectivity index (χ2v) is 9.67. The SMILES string of the molecule is CC(NC(=O)CCCCCCCCCCn1nc(-c2ccccc2)ccc1=N)C1CCCC1. The van der Waals surface area contributed by atoms with Gasteiger partial charge in [-0.25, -0.2) is 4.68 Å². The molecule has 180 valence electrons. The van der Waals surface area contributed by atoms with Crippen LogP contribution < -0.4 is 10.8 Å². The monoisotopic (exact) mass is 450 g/mol. The second-order valence-electron chi connectivity index (χ2n) is 9.67. The van der Waals surface area contributed by atoms with Crippen LogP contribution in [0.5, 0.6) is 0 Å². The van der Waals surface area contributed by atoms with Crippen molar-refractivity contribution in [3.63, 3.8) is 0 Å². The average Bonchev–Trinajstić information content (AvgIpc) is 3.37. The number of carbonyl (C=O) groups is 1. The molecular weight excluding hydrogens is 408 g/mol. The smallest absolute Gasteiger partial charge is 0.220 e. The van der Waals surface area contributed by atoms with Gasteiger partial charge < -0.3 is 5.32 Å². The first-order valence-corrected chi connectivity index (χ1v) is 13.1.